The number of hydrogen-bond donors (Lipinski definition) is 0. The molecule has 0 bridgehead atoms. The third-order valence-corrected chi connectivity index (χ3v) is 5.60. The number of rotatable bonds is 0. The van der Waals surface area contributed by atoms with Crippen molar-refractivity contribution in [3.05, 3.63) is 97.5 Å². The summed E-state index contributed by atoms with van der Waals surface area (Å²) in [4.78, 5) is 44.5. The van der Waals surface area contributed by atoms with Crippen LogP contribution in [0.1, 0.15) is 0 Å². The van der Waals surface area contributed by atoms with Crippen LogP contribution in [-0.4, -0.2) is 4.98 Å². The van der Waals surface area contributed by atoms with Crippen molar-refractivity contribution in [2.45, 2.75) is 0 Å². The molecule has 0 unspecified atom stereocenters. The summed E-state index contributed by atoms with van der Waals surface area (Å²) in [6.45, 7) is 0. The monoisotopic (exact) mass is 361 g/mol. The van der Waals surface area contributed by atoms with Gasteiger partial charge in [0.1, 0.15) is 0 Å². The molecule has 0 aliphatic carbocycles. The standard InChI is InChI=1S/C24H11NO3/c26-22-13-6-2-1-5-12(13)11-17-14-9-10-25-21(14)20-19(18(17)22)23(27)15-7-3-4-8-16(15)24(20)28/h1-11H. The van der Waals surface area contributed by atoms with E-state index in [1.165, 1.54) is 0 Å². The van der Waals surface area contributed by atoms with E-state index in [2.05, 4.69) is 4.98 Å². The third kappa shape index (κ3) is 1.70. The summed E-state index contributed by atoms with van der Waals surface area (Å²) in [6.07, 6.45) is 1.61. The molecule has 0 aliphatic rings. The van der Waals surface area contributed by atoms with Crippen LogP contribution in [0.3, 0.4) is 0 Å². The second-order valence-electron chi connectivity index (χ2n) is 7.01. The van der Waals surface area contributed by atoms with E-state index in [-0.39, 0.29) is 27.1 Å². The van der Waals surface area contributed by atoms with Crippen molar-refractivity contribution in [1.82, 2.24) is 4.98 Å². The van der Waals surface area contributed by atoms with E-state index in [1.807, 2.05) is 18.2 Å². The van der Waals surface area contributed by atoms with Crippen molar-refractivity contribution in [3.8, 4) is 0 Å². The zero-order valence-electron chi connectivity index (χ0n) is 14.5. The lowest BCUT2D eigenvalue weighted by atomic mass is 9.92. The third-order valence-electron chi connectivity index (χ3n) is 5.60. The first-order valence-electron chi connectivity index (χ1n) is 8.95. The fraction of sp³-hybridized carbons (Fsp3) is 0. The zero-order chi connectivity index (χ0) is 19.0. The van der Waals surface area contributed by atoms with Crippen LogP contribution in [0.2, 0.25) is 0 Å². The molecular weight excluding hydrogens is 350 g/mol. The smallest absolute Gasteiger partial charge is 0.196 e. The maximum Gasteiger partial charge on any atom is 0.196 e. The van der Waals surface area contributed by atoms with Crippen molar-refractivity contribution in [2.24, 2.45) is 0 Å². The van der Waals surface area contributed by atoms with Crippen LogP contribution in [0.15, 0.2) is 81.2 Å². The highest BCUT2D eigenvalue weighted by Gasteiger charge is 2.21. The van der Waals surface area contributed by atoms with Crippen LogP contribution >= 0.6 is 0 Å². The summed E-state index contributed by atoms with van der Waals surface area (Å²) in [6, 6.07) is 17.8. The van der Waals surface area contributed by atoms with E-state index in [4.69, 9.17) is 0 Å². The molecule has 1 heterocycles. The van der Waals surface area contributed by atoms with Crippen LogP contribution in [-0.2, 0) is 0 Å². The van der Waals surface area contributed by atoms with Gasteiger partial charge in [0, 0.05) is 38.5 Å². The van der Waals surface area contributed by atoms with Crippen LogP contribution < -0.4 is 16.3 Å². The molecule has 1 aromatic heterocycles. The van der Waals surface area contributed by atoms with E-state index >= 15 is 0 Å². The van der Waals surface area contributed by atoms with Gasteiger partial charge in [-0.15, -0.1) is 0 Å². The molecule has 6 aromatic rings. The first-order chi connectivity index (χ1) is 13.7. The largest absolute Gasteiger partial charge is 0.289 e. The lowest BCUT2D eigenvalue weighted by Gasteiger charge is -2.08. The summed E-state index contributed by atoms with van der Waals surface area (Å²) in [5, 5.41) is 4.14. The highest BCUT2D eigenvalue weighted by Crippen LogP contribution is 2.32. The minimum absolute atomic E-state index is 0.181. The zero-order valence-corrected chi connectivity index (χ0v) is 14.5. The number of fused-ring (bicyclic) bond motifs is 8. The fourth-order valence-corrected chi connectivity index (χ4v) is 4.37. The highest BCUT2D eigenvalue weighted by molar-refractivity contribution is 6.27. The first-order valence-corrected chi connectivity index (χ1v) is 8.95. The molecule has 0 aliphatic heterocycles. The molecule has 28 heavy (non-hydrogen) atoms. The van der Waals surface area contributed by atoms with E-state index in [0.717, 1.165) is 10.8 Å². The quantitative estimate of drug-likeness (QED) is 0.305. The number of hydrogen-bond acceptors (Lipinski definition) is 4. The van der Waals surface area contributed by atoms with Crippen LogP contribution in [0.5, 0.6) is 0 Å². The average molecular weight is 361 g/mol. The van der Waals surface area contributed by atoms with Crippen LogP contribution in [0, 0.1) is 0 Å². The molecule has 5 aromatic carbocycles. The minimum atomic E-state index is -0.299. The Morgan fingerprint density at radius 3 is 1.89 bits per heavy atom. The molecule has 0 saturated heterocycles. The molecule has 0 fully saturated rings. The summed E-state index contributed by atoms with van der Waals surface area (Å²) >= 11 is 0. The van der Waals surface area contributed by atoms with E-state index in [9.17, 15) is 14.4 Å². The van der Waals surface area contributed by atoms with Crippen molar-refractivity contribution in [2.75, 3.05) is 0 Å². The Hall–Kier alpha value is -3.92. The lowest BCUT2D eigenvalue weighted by molar-refractivity contribution is 1.49. The Morgan fingerprint density at radius 2 is 1.14 bits per heavy atom. The van der Waals surface area contributed by atoms with Gasteiger partial charge in [0.25, 0.3) is 0 Å². The molecule has 0 atom stereocenters. The van der Waals surface area contributed by atoms with E-state index < -0.39 is 0 Å². The van der Waals surface area contributed by atoms with Gasteiger partial charge in [-0.2, -0.15) is 0 Å². The van der Waals surface area contributed by atoms with Gasteiger partial charge in [0.15, 0.2) is 16.3 Å². The fourth-order valence-electron chi connectivity index (χ4n) is 4.37. The molecule has 0 radical (unpaired) electrons. The Bertz CT molecular complexity index is 1770. The second kappa shape index (κ2) is 5.08. The van der Waals surface area contributed by atoms with Crippen molar-refractivity contribution >= 4 is 54.0 Å². The number of aromatic nitrogens is 1. The predicted molar refractivity (Wildman–Crippen MR) is 113 cm³/mol. The second-order valence-corrected chi connectivity index (χ2v) is 7.01. The van der Waals surface area contributed by atoms with Crippen LogP contribution in [0.4, 0.5) is 0 Å². The Morgan fingerprint density at radius 1 is 0.536 bits per heavy atom. The van der Waals surface area contributed by atoms with Gasteiger partial charge < -0.3 is 0 Å². The summed E-state index contributed by atoms with van der Waals surface area (Å²) in [5.74, 6) is 0. The highest BCUT2D eigenvalue weighted by atomic mass is 16.1. The topological polar surface area (TPSA) is 64.1 Å². The SMILES string of the molecule is O=c1c2ccccc2cc2c3ccnc3c3c(=O)c4ccccc4c(=O)c3c12. The van der Waals surface area contributed by atoms with Gasteiger partial charge in [-0.3, -0.25) is 19.4 Å². The van der Waals surface area contributed by atoms with E-state index in [1.54, 1.807) is 48.7 Å². The predicted octanol–water partition coefficient (Wildman–Crippen LogP) is 3.80. The number of nitrogens with zero attached hydrogens (tertiary/aromatic N) is 1. The summed E-state index contributed by atoms with van der Waals surface area (Å²) in [5.41, 5.74) is -0.311. The normalized spacial score (nSPS) is 12.0. The van der Waals surface area contributed by atoms with Gasteiger partial charge in [-0.05, 0) is 22.9 Å². The van der Waals surface area contributed by atoms with Gasteiger partial charge in [0.2, 0.25) is 0 Å². The van der Waals surface area contributed by atoms with Gasteiger partial charge in [0.05, 0.1) is 10.9 Å². The first kappa shape index (κ1) is 15.2. The average Bonchev–Trinajstić information content (AvgIpc) is 3.21. The Labute approximate surface area is 157 Å². The molecular formula is C24H11NO3. The molecule has 4 nitrogen and oxygen atoms in total. The lowest BCUT2D eigenvalue weighted by Crippen LogP contribution is -2.16. The Balaban J connectivity index is 2.12. The van der Waals surface area contributed by atoms with Crippen molar-refractivity contribution in [1.29, 1.82) is 0 Å². The van der Waals surface area contributed by atoms with Gasteiger partial charge in [-0.25, -0.2) is 0 Å². The van der Waals surface area contributed by atoms with Gasteiger partial charge in [-0.1, -0.05) is 48.5 Å². The molecule has 0 spiro atoms. The maximum absolute atomic E-state index is 13.4. The van der Waals surface area contributed by atoms with Crippen molar-refractivity contribution < 1.29 is 0 Å². The minimum Gasteiger partial charge on any atom is -0.289 e. The van der Waals surface area contributed by atoms with Crippen molar-refractivity contribution in [3.63, 3.8) is 0 Å². The molecule has 6 rings (SSSR count). The molecule has 0 N–H and O–H groups in total. The van der Waals surface area contributed by atoms with Gasteiger partial charge >= 0.3 is 0 Å². The molecule has 0 saturated carbocycles. The summed E-state index contributed by atoms with van der Waals surface area (Å²) in [7, 11) is 0. The van der Waals surface area contributed by atoms with E-state index in [0.29, 0.717) is 32.4 Å². The molecule has 4 heteroatoms. The Kier molecular flexibility index (Phi) is 2.75. The number of benzene rings is 5. The molecule has 0 amide bonds. The molecule has 130 valence electrons. The maximum atomic E-state index is 13.4. The summed E-state index contributed by atoms with van der Waals surface area (Å²) < 4.78 is 0. The van der Waals surface area contributed by atoms with Crippen LogP contribution in [0.25, 0.3) is 54.0 Å².